The van der Waals surface area contributed by atoms with Crippen molar-refractivity contribution in [2.24, 2.45) is 0 Å². The smallest absolute Gasteiger partial charge is 0.156 e. The number of pyridine rings is 1. The van der Waals surface area contributed by atoms with E-state index in [0.29, 0.717) is 10.0 Å². The normalized spacial score (nSPS) is 13.7. The lowest BCUT2D eigenvalue weighted by Gasteiger charge is -2.11. The van der Waals surface area contributed by atoms with Crippen molar-refractivity contribution in [3.05, 3.63) is 44.3 Å². The van der Waals surface area contributed by atoms with Gasteiger partial charge >= 0.3 is 0 Å². The molecule has 0 N–H and O–H groups in total. The third-order valence-electron chi connectivity index (χ3n) is 3.33. The topological polar surface area (TPSA) is 17.3 Å². The summed E-state index contributed by atoms with van der Waals surface area (Å²) < 4.78 is 2.03. The van der Waals surface area contributed by atoms with Gasteiger partial charge in [0.05, 0.1) is 21.4 Å². The van der Waals surface area contributed by atoms with Crippen molar-refractivity contribution in [3.63, 3.8) is 0 Å². The minimum absolute atomic E-state index is 0.605. The van der Waals surface area contributed by atoms with Crippen molar-refractivity contribution in [2.75, 3.05) is 0 Å². The molecule has 0 fully saturated rings. The van der Waals surface area contributed by atoms with Crippen LogP contribution < -0.4 is 0 Å². The monoisotopic (exact) mass is 294 g/mol. The van der Waals surface area contributed by atoms with Gasteiger partial charge in [0.1, 0.15) is 0 Å². The van der Waals surface area contributed by atoms with E-state index in [1.54, 1.807) is 17.4 Å². The molecule has 0 saturated heterocycles. The summed E-state index contributed by atoms with van der Waals surface area (Å²) in [4.78, 5) is 6.10. The molecule has 5 heteroatoms. The third kappa shape index (κ3) is 1.38. The van der Waals surface area contributed by atoms with Crippen LogP contribution in [0.2, 0.25) is 10.0 Å². The number of aromatic nitrogens is 2. The maximum atomic E-state index is 6.22. The van der Waals surface area contributed by atoms with Crippen LogP contribution in [0.5, 0.6) is 0 Å². The fourth-order valence-electron chi connectivity index (χ4n) is 2.55. The van der Waals surface area contributed by atoms with Crippen LogP contribution in [-0.2, 0) is 12.8 Å². The number of hydrogen-bond donors (Lipinski definition) is 0. The van der Waals surface area contributed by atoms with Gasteiger partial charge in [0, 0.05) is 16.6 Å². The Hall–Kier alpha value is -1.03. The van der Waals surface area contributed by atoms with Gasteiger partial charge in [-0.25, -0.2) is 4.98 Å². The second kappa shape index (κ2) is 3.73. The number of thiophene rings is 1. The standard InChI is InChI=1S/C13H8Cl2N2S/c14-7-5-9(15)13-16-12-8-3-4-18-11(8)2-1-10(12)17(13)6-7/h3-6H,1-2H2. The van der Waals surface area contributed by atoms with Crippen LogP contribution in [0, 0.1) is 0 Å². The number of imidazole rings is 1. The summed E-state index contributed by atoms with van der Waals surface area (Å²) in [5, 5.41) is 3.37. The Labute approximate surface area is 118 Å². The zero-order valence-electron chi connectivity index (χ0n) is 9.28. The SMILES string of the molecule is Clc1cc(Cl)c2nc3c(n2c1)CCc1sccc1-3. The Morgan fingerprint density at radius 1 is 1.28 bits per heavy atom. The van der Waals surface area contributed by atoms with Crippen LogP contribution in [0.4, 0.5) is 0 Å². The fourth-order valence-corrected chi connectivity index (χ4v) is 3.95. The molecule has 0 saturated carbocycles. The average Bonchev–Trinajstić information content (AvgIpc) is 2.91. The van der Waals surface area contributed by atoms with Gasteiger partial charge in [0.2, 0.25) is 0 Å². The van der Waals surface area contributed by atoms with Crippen molar-refractivity contribution in [3.8, 4) is 11.3 Å². The summed E-state index contributed by atoms with van der Waals surface area (Å²) in [6.07, 6.45) is 3.95. The van der Waals surface area contributed by atoms with Gasteiger partial charge in [-0.05, 0) is 30.4 Å². The van der Waals surface area contributed by atoms with Crippen molar-refractivity contribution >= 4 is 40.2 Å². The molecule has 1 aliphatic carbocycles. The maximum Gasteiger partial charge on any atom is 0.156 e. The first-order valence-electron chi connectivity index (χ1n) is 5.67. The van der Waals surface area contributed by atoms with Gasteiger partial charge in [-0.1, -0.05) is 23.2 Å². The van der Waals surface area contributed by atoms with E-state index in [9.17, 15) is 0 Å². The molecule has 2 nitrogen and oxygen atoms in total. The highest BCUT2D eigenvalue weighted by Gasteiger charge is 2.23. The van der Waals surface area contributed by atoms with E-state index in [2.05, 4.69) is 16.4 Å². The van der Waals surface area contributed by atoms with E-state index >= 15 is 0 Å². The molecule has 0 aromatic carbocycles. The van der Waals surface area contributed by atoms with E-state index in [4.69, 9.17) is 23.2 Å². The van der Waals surface area contributed by atoms with Crippen LogP contribution in [0.3, 0.4) is 0 Å². The van der Waals surface area contributed by atoms with Crippen molar-refractivity contribution in [1.29, 1.82) is 0 Å². The van der Waals surface area contributed by atoms with Gasteiger partial charge in [0.15, 0.2) is 5.65 Å². The van der Waals surface area contributed by atoms with Crippen LogP contribution in [0.15, 0.2) is 23.7 Å². The van der Waals surface area contributed by atoms with E-state index in [-0.39, 0.29) is 0 Å². The number of rotatable bonds is 0. The predicted octanol–water partition coefficient (Wildman–Crippen LogP) is 4.47. The zero-order chi connectivity index (χ0) is 12.3. The number of aryl methyl sites for hydroxylation is 2. The first-order valence-corrected chi connectivity index (χ1v) is 7.30. The summed E-state index contributed by atoms with van der Waals surface area (Å²) >= 11 is 14.1. The molecule has 1 aliphatic rings. The first-order chi connectivity index (χ1) is 8.74. The molecule has 18 heavy (non-hydrogen) atoms. The second-order valence-electron chi connectivity index (χ2n) is 4.36. The van der Waals surface area contributed by atoms with Gasteiger partial charge in [-0.15, -0.1) is 11.3 Å². The minimum atomic E-state index is 0.605. The number of nitrogens with zero attached hydrogens (tertiary/aromatic N) is 2. The molecule has 0 amide bonds. The maximum absolute atomic E-state index is 6.22. The molecule has 90 valence electrons. The average molecular weight is 295 g/mol. The lowest BCUT2D eigenvalue weighted by molar-refractivity contribution is 0.895. The lowest BCUT2D eigenvalue weighted by Crippen LogP contribution is -2.02. The predicted molar refractivity (Wildman–Crippen MR) is 75.9 cm³/mol. The highest BCUT2D eigenvalue weighted by molar-refractivity contribution is 7.10. The highest BCUT2D eigenvalue weighted by Crippen LogP contribution is 2.38. The highest BCUT2D eigenvalue weighted by atomic mass is 35.5. The van der Waals surface area contributed by atoms with Gasteiger partial charge in [-0.2, -0.15) is 0 Å². The molecule has 0 bridgehead atoms. The molecule has 4 rings (SSSR count). The quantitative estimate of drug-likeness (QED) is 0.598. The number of fused-ring (bicyclic) bond motifs is 5. The molecule has 3 aromatic heterocycles. The summed E-state index contributed by atoms with van der Waals surface area (Å²) in [7, 11) is 0. The summed E-state index contributed by atoms with van der Waals surface area (Å²) in [6.45, 7) is 0. The summed E-state index contributed by atoms with van der Waals surface area (Å²) in [5.41, 5.74) is 4.31. The molecule has 3 heterocycles. The van der Waals surface area contributed by atoms with E-state index in [0.717, 1.165) is 24.2 Å². The van der Waals surface area contributed by atoms with Gasteiger partial charge < -0.3 is 4.40 Å². The van der Waals surface area contributed by atoms with Crippen molar-refractivity contribution in [1.82, 2.24) is 9.38 Å². The molecule has 0 atom stereocenters. The molecule has 0 radical (unpaired) electrons. The Balaban J connectivity index is 2.13. The third-order valence-corrected chi connectivity index (χ3v) is 4.80. The van der Waals surface area contributed by atoms with Crippen LogP contribution in [0.1, 0.15) is 10.6 Å². The molecule has 0 aliphatic heterocycles. The fraction of sp³-hybridized carbons (Fsp3) is 0.154. The van der Waals surface area contributed by atoms with Crippen LogP contribution in [-0.4, -0.2) is 9.38 Å². The van der Waals surface area contributed by atoms with E-state index in [1.807, 2.05) is 10.6 Å². The van der Waals surface area contributed by atoms with Crippen molar-refractivity contribution < 1.29 is 0 Å². The largest absolute Gasteiger partial charge is 0.301 e. The summed E-state index contributed by atoms with van der Waals surface area (Å²) in [6, 6.07) is 3.88. The number of halogens is 2. The molecule has 0 spiro atoms. The van der Waals surface area contributed by atoms with Gasteiger partial charge in [0.25, 0.3) is 0 Å². The number of hydrogen-bond acceptors (Lipinski definition) is 2. The van der Waals surface area contributed by atoms with Gasteiger partial charge in [-0.3, -0.25) is 0 Å². The Kier molecular flexibility index (Phi) is 2.25. The molecule has 3 aromatic rings. The molecular weight excluding hydrogens is 287 g/mol. The Morgan fingerprint density at radius 3 is 3.06 bits per heavy atom. The summed E-state index contributed by atoms with van der Waals surface area (Å²) in [5.74, 6) is 0. The molecular formula is C13H8Cl2N2S. The van der Waals surface area contributed by atoms with Crippen LogP contribution >= 0.6 is 34.5 Å². The Bertz CT molecular complexity index is 773. The van der Waals surface area contributed by atoms with Crippen molar-refractivity contribution in [2.45, 2.75) is 12.8 Å². The van der Waals surface area contributed by atoms with Crippen LogP contribution in [0.25, 0.3) is 16.9 Å². The van der Waals surface area contributed by atoms with E-state index < -0.39 is 0 Å². The second-order valence-corrected chi connectivity index (χ2v) is 6.21. The van der Waals surface area contributed by atoms with E-state index in [1.165, 1.54) is 16.1 Å². The first kappa shape index (κ1) is 10.9. The zero-order valence-corrected chi connectivity index (χ0v) is 11.6. The lowest BCUT2D eigenvalue weighted by atomic mass is 10.0. The Morgan fingerprint density at radius 2 is 2.17 bits per heavy atom. The molecule has 0 unspecified atom stereocenters. The minimum Gasteiger partial charge on any atom is -0.301 e.